The molecular formula is C18H20Cl3F3N2O2. The van der Waals surface area contributed by atoms with Crippen molar-refractivity contribution in [3.05, 3.63) is 58.6 Å². The van der Waals surface area contributed by atoms with E-state index in [9.17, 15) is 18.3 Å². The Morgan fingerprint density at radius 1 is 1.04 bits per heavy atom. The molecule has 0 aliphatic carbocycles. The van der Waals surface area contributed by atoms with E-state index in [1.165, 1.54) is 18.2 Å². The van der Waals surface area contributed by atoms with E-state index in [1.54, 1.807) is 24.3 Å². The van der Waals surface area contributed by atoms with Gasteiger partial charge in [0.15, 0.2) is 0 Å². The van der Waals surface area contributed by atoms with Crippen molar-refractivity contribution in [1.29, 1.82) is 0 Å². The Hall–Kier alpha value is -1.38. The fourth-order valence-electron chi connectivity index (χ4n) is 3.12. The van der Waals surface area contributed by atoms with Crippen molar-refractivity contribution >= 4 is 36.4 Å². The zero-order valence-electron chi connectivity index (χ0n) is 14.6. The number of nitrogens with one attached hydrogen (secondary N) is 1. The molecule has 0 spiro atoms. The predicted molar refractivity (Wildman–Crippen MR) is 107 cm³/mol. The van der Waals surface area contributed by atoms with Gasteiger partial charge in [-0.2, -0.15) is 0 Å². The third kappa shape index (κ3) is 6.32. The van der Waals surface area contributed by atoms with Crippen molar-refractivity contribution in [3.8, 4) is 11.5 Å². The normalized spacial score (nSPS) is 15.9. The van der Waals surface area contributed by atoms with Gasteiger partial charge in [0.25, 0.3) is 0 Å². The Kier molecular flexibility index (Phi) is 9.17. The van der Waals surface area contributed by atoms with E-state index in [-0.39, 0.29) is 42.4 Å². The van der Waals surface area contributed by atoms with Crippen molar-refractivity contribution in [3.63, 3.8) is 0 Å². The molecule has 2 N–H and O–H groups in total. The molecule has 0 aromatic heterocycles. The van der Waals surface area contributed by atoms with Gasteiger partial charge in [0.1, 0.15) is 11.5 Å². The topological polar surface area (TPSA) is 44.7 Å². The van der Waals surface area contributed by atoms with E-state index < -0.39 is 6.36 Å². The summed E-state index contributed by atoms with van der Waals surface area (Å²) in [5.74, 6) is -0.191. The van der Waals surface area contributed by atoms with Crippen LogP contribution in [-0.2, 0) is 0 Å². The maximum absolute atomic E-state index is 12.4. The van der Waals surface area contributed by atoms with Gasteiger partial charge >= 0.3 is 6.36 Å². The maximum atomic E-state index is 12.4. The van der Waals surface area contributed by atoms with Gasteiger partial charge in [0, 0.05) is 36.8 Å². The number of piperazine rings is 1. The minimum Gasteiger partial charge on any atom is -0.508 e. The summed E-state index contributed by atoms with van der Waals surface area (Å²) in [6, 6.07) is 10.2. The average Bonchev–Trinajstić information content (AvgIpc) is 2.59. The molecule has 2 aromatic rings. The molecule has 0 bridgehead atoms. The smallest absolute Gasteiger partial charge is 0.508 e. The number of alkyl halides is 3. The van der Waals surface area contributed by atoms with Crippen LogP contribution in [0.5, 0.6) is 11.5 Å². The van der Waals surface area contributed by atoms with Crippen LogP contribution in [-0.4, -0.2) is 42.5 Å². The molecule has 0 amide bonds. The molecule has 1 fully saturated rings. The maximum Gasteiger partial charge on any atom is 0.573 e. The summed E-state index contributed by atoms with van der Waals surface area (Å²) < 4.78 is 41.0. The number of hydrogen-bond donors (Lipinski definition) is 2. The van der Waals surface area contributed by atoms with E-state index in [0.717, 1.165) is 31.7 Å². The summed E-state index contributed by atoms with van der Waals surface area (Å²) in [6.07, 6.45) is -4.73. The number of rotatable bonds is 4. The summed E-state index contributed by atoms with van der Waals surface area (Å²) in [4.78, 5) is 2.15. The van der Waals surface area contributed by atoms with Crippen LogP contribution in [0.3, 0.4) is 0 Å². The first-order valence-corrected chi connectivity index (χ1v) is 8.50. The molecule has 2 aromatic carbocycles. The van der Waals surface area contributed by atoms with E-state index in [4.69, 9.17) is 11.6 Å². The van der Waals surface area contributed by atoms with Crippen molar-refractivity contribution < 1.29 is 23.0 Å². The highest BCUT2D eigenvalue weighted by Gasteiger charge is 2.31. The van der Waals surface area contributed by atoms with Crippen LogP contribution in [0.1, 0.15) is 17.2 Å². The molecule has 0 unspecified atom stereocenters. The quantitative estimate of drug-likeness (QED) is 0.690. The minimum absolute atomic E-state index is 0. The second kappa shape index (κ2) is 10.4. The molecule has 10 heteroatoms. The largest absolute Gasteiger partial charge is 0.573 e. The van der Waals surface area contributed by atoms with Gasteiger partial charge in [0.2, 0.25) is 0 Å². The molecule has 1 atom stereocenters. The molecule has 4 nitrogen and oxygen atoms in total. The van der Waals surface area contributed by atoms with Crippen LogP contribution in [0.15, 0.2) is 42.5 Å². The van der Waals surface area contributed by atoms with Crippen LogP contribution < -0.4 is 10.1 Å². The lowest BCUT2D eigenvalue weighted by Crippen LogP contribution is -2.45. The highest BCUT2D eigenvalue weighted by Crippen LogP contribution is 2.37. The van der Waals surface area contributed by atoms with E-state index in [0.29, 0.717) is 10.6 Å². The Morgan fingerprint density at radius 3 is 2.21 bits per heavy atom. The highest BCUT2D eigenvalue weighted by molar-refractivity contribution is 6.30. The average molecular weight is 460 g/mol. The number of phenolic OH excluding ortho intramolecular Hbond substituents is 1. The molecule has 28 heavy (non-hydrogen) atoms. The summed E-state index contributed by atoms with van der Waals surface area (Å²) in [5.41, 5.74) is 1.36. The zero-order chi connectivity index (χ0) is 18.7. The SMILES string of the molecule is Cl.Cl.Oc1ccc(Cl)cc1[C@H](c1ccc(OC(F)(F)F)cc1)N1CCNCC1. The van der Waals surface area contributed by atoms with Gasteiger partial charge in [-0.15, -0.1) is 38.0 Å². The number of halogens is 6. The Balaban J connectivity index is 0.00000196. The second-order valence-electron chi connectivity index (χ2n) is 6.01. The molecule has 1 aliphatic rings. The number of phenols is 1. The van der Waals surface area contributed by atoms with Crippen LogP contribution in [0.25, 0.3) is 0 Å². The summed E-state index contributed by atoms with van der Waals surface area (Å²) in [7, 11) is 0. The van der Waals surface area contributed by atoms with Gasteiger partial charge < -0.3 is 15.2 Å². The molecule has 156 valence electrons. The fourth-order valence-corrected chi connectivity index (χ4v) is 3.30. The van der Waals surface area contributed by atoms with Crippen LogP contribution >= 0.6 is 36.4 Å². The lowest BCUT2D eigenvalue weighted by Gasteiger charge is -2.36. The van der Waals surface area contributed by atoms with Crippen molar-refractivity contribution in [2.75, 3.05) is 26.2 Å². The molecule has 0 radical (unpaired) electrons. The monoisotopic (exact) mass is 458 g/mol. The van der Waals surface area contributed by atoms with E-state index in [2.05, 4.69) is 15.0 Å². The summed E-state index contributed by atoms with van der Waals surface area (Å²) in [6.45, 7) is 3.04. The number of ether oxygens (including phenoxy) is 1. The Bertz CT molecular complexity index is 755. The van der Waals surface area contributed by atoms with Gasteiger partial charge in [-0.05, 0) is 35.9 Å². The minimum atomic E-state index is -4.73. The third-order valence-corrected chi connectivity index (χ3v) is 4.47. The van der Waals surface area contributed by atoms with Gasteiger partial charge in [-0.1, -0.05) is 23.7 Å². The standard InChI is InChI=1S/C18H18ClF3N2O2.2ClH/c19-13-3-6-16(25)15(11-13)17(24-9-7-23-8-10-24)12-1-4-14(5-2-12)26-18(20,21)22;;/h1-6,11,17,23,25H,7-10H2;2*1H/t17-;;/m0../s1. The predicted octanol–water partition coefficient (Wildman–Crippen LogP) is 4.78. The first kappa shape index (κ1) is 24.7. The van der Waals surface area contributed by atoms with Crippen LogP contribution in [0, 0.1) is 0 Å². The Labute approximate surface area is 178 Å². The first-order valence-electron chi connectivity index (χ1n) is 8.12. The molecule has 0 saturated carbocycles. The number of hydrogen-bond acceptors (Lipinski definition) is 4. The van der Waals surface area contributed by atoms with Crippen molar-refractivity contribution in [2.45, 2.75) is 12.4 Å². The molecule has 1 aliphatic heterocycles. The number of nitrogens with zero attached hydrogens (tertiary/aromatic N) is 1. The van der Waals surface area contributed by atoms with Crippen LogP contribution in [0.2, 0.25) is 5.02 Å². The molecular weight excluding hydrogens is 440 g/mol. The number of benzene rings is 2. The Morgan fingerprint density at radius 2 is 1.64 bits per heavy atom. The van der Waals surface area contributed by atoms with Gasteiger partial charge in [-0.25, -0.2) is 0 Å². The van der Waals surface area contributed by atoms with Gasteiger partial charge in [-0.3, -0.25) is 4.90 Å². The fraction of sp³-hybridized carbons (Fsp3) is 0.333. The summed E-state index contributed by atoms with van der Waals surface area (Å²) in [5, 5.41) is 14.1. The van der Waals surface area contributed by atoms with Crippen molar-refractivity contribution in [2.24, 2.45) is 0 Å². The summed E-state index contributed by atoms with van der Waals surface area (Å²) >= 11 is 6.10. The lowest BCUT2D eigenvalue weighted by molar-refractivity contribution is -0.274. The second-order valence-corrected chi connectivity index (χ2v) is 6.44. The third-order valence-electron chi connectivity index (χ3n) is 4.23. The van der Waals surface area contributed by atoms with Gasteiger partial charge in [0.05, 0.1) is 6.04 Å². The molecule has 1 heterocycles. The van der Waals surface area contributed by atoms with E-state index in [1.807, 2.05) is 0 Å². The molecule has 3 rings (SSSR count). The molecule has 1 saturated heterocycles. The van der Waals surface area contributed by atoms with Crippen molar-refractivity contribution in [1.82, 2.24) is 10.2 Å². The lowest BCUT2D eigenvalue weighted by atomic mass is 9.95. The van der Waals surface area contributed by atoms with Crippen LogP contribution in [0.4, 0.5) is 13.2 Å². The number of aromatic hydroxyl groups is 1. The van der Waals surface area contributed by atoms with E-state index >= 15 is 0 Å². The zero-order valence-corrected chi connectivity index (χ0v) is 17.0. The highest BCUT2D eigenvalue weighted by atomic mass is 35.5. The first-order chi connectivity index (χ1) is 12.3.